The van der Waals surface area contributed by atoms with Crippen LogP contribution in [0.5, 0.6) is 0 Å². The van der Waals surface area contributed by atoms with Gasteiger partial charge in [0.15, 0.2) is 0 Å². The predicted molar refractivity (Wildman–Crippen MR) is 113 cm³/mol. The maximum Gasteiger partial charge on any atom is 0.252 e. The number of carbonyl (C=O) groups is 1. The molecule has 0 radical (unpaired) electrons. The molecule has 1 aliphatic rings. The van der Waals surface area contributed by atoms with Crippen LogP contribution < -0.4 is 5.32 Å². The molecule has 3 rings (SSSR count). The summed E-state index contributed by atoms with van der Waals surface area (Å²) in [5, 5.41) is 3.01. The highest BCUT2D eigenvalue weighted by Gasteiger charge is 2.34. The molecule has 1 aromatic carbocycles. The molecule has 2 aromatic rings. The first-order valence-electron chi connectivity index (χ1n) is 9.36. The Morgan fingerprint density at radius 1 is 1.29 bits per heavy atom. The first-order valence-corrected chi connectivity index (χ1v) is 12.0. The van der Waals surface area contributed by atoms with Gasteiger partial charge in [-0.15, -0.1) is 11.3 Å². The minimum absolute atomic E-state index is 0.0212. The average Bonchev–Trinajstić information content (AvgIpc) is 3.13. The lowest BCUT2D eigenvalue weighted by Gasteiger charge is -2.33. The number of sulfonamides is 1. The molecule has 1 amide bonds. The fourth-order valence-corrected chi connectivity index (χ4v) is 6.67. The highest BCUT2D eigenvalue weighted by Crippen LogP contribution is 2.32. The molecule has 0 spiro atoms. The van der Waals surface area contributed by atoms with Crippen LogP contribution in [0.25, 0.3) is 0 Å². The number of halogens is 1. The standard InChI is InChI=1S/C20H25ClN2O3S2/c1-14-4-3-5-16(12-14)13-22-20(24)15(2)17-8-10-23(11-9-17)28(25,26)19-7-6-18(21)27-19/h3-7,12,15,17H,8-11,13H2,1-2H3,(H,22,24). The lowest BCUT2D eigenvalue weighted by atomic mass is 9.85. The molecule has 0 bridgehead atoms. The highest BCUT2D eigenvalue weighted by molar-refractivity contribution is 7.91. The van der Waals surface area contributed by atoms with E-state index in [-0.39, 0.29) is 22.0 Å². The molecule has 1 N–H and O–H groups in total. The Kier molecular flexibility index (Phi) is 6.81. The second-order valence-electron chi connectivity index (χ2n) is 7.30. The molecule has 8 heteroatoms. The average molecular weight is 441 g/mol. The molecule has 1 atom stereocenters. The van der Waals surface area contributed by atoms with E-state index in [0.717, 1.165) is 16.9 Å². The fraction of sp³-hybridized carbons (Fsp3) is 0.450. The smallest absolute Gasteiger partial charge is 0.252 e. The van der Waals surface area contributed by atoms with Gasteiger partial charge in [-0.25, -0.2) is 8.42 Å². The van der Waals surface area contributed by atoms with Crippen molar-refractivity contribution in [3.8, 4) is 0 Å². The van der Waals surface area contributed by atoms with Crippen LogP contribution in [0.1, 0.15) is 30.9 Å². The Hall–Kier alpha value is -1.41. The first kappa shape index (κ1) is 21.3. The van der Waals surface area contributed by atoms with Crippen molar-refractivity contribution in [2.24, 2.45) is 11.8 Å². The molecule has 0 aliphatic carbocycles. The third-order valence-corrected chi connectivity index (χ3v) is 8.91. The third kappa shape index (κ3) is 4.95. The Labute approximate surface area is 175 Å². The summed E-state index contributed by atoms with van der Waals surface area (Å²) in [6.45, 7) is 5.33. The van der Waals surface area contributed by atoms with E-state index in [4.69, 9.17) is 11.6 Å². The van der Waals surface area contributed by atoms with Crippen molar-refractivity contribution < 1.29 is 13.2 Å². The Morgan fingerprint density at radius 3 is 2.61 bits per heavy atom. The van der Waals surface area contributed by atoms with Gasteiger partial charge in [0, 0.05) is 25.6 Å². The maximum atomic E-state index is 12.7. The summed E-state index contributed by atoms with van der Waals surface area (Å²) < 4.78 is 27.6. The van der Waals surface area contributed by atoms with Gasteiger partial charge in [0.2, 0.25) is 5.91 Å². The van der Waals surface area contributed by atoms with Gasteiger partial charge in [-0.1, -0.05) is 48.4 Å². The van der Waals surface area contributed by atoms with Gasteiger partial charge in [0.1, 0.15) is 4.21 Å². The van der Waals surface area contributed by atoms with Crippen LogP contribution in [-0.2, 0) is 21.4 Å². The summed E-state index contributed by atoms with van der Waals surface area (Å²) in [4.78, 5) is 12.5. The van der Waals surface area contributed by atoms with Crippen LogP contribution in [0.3, 0.4) is 0 Å². The van der Waals surface area contributed by atoms with Gasteiger partial charge < -0.3 is 5.32 Å². The summed E-state index contributed by atoms with van der Waals surface area (Å²) in [6.07, 6.45) is 1.36. The van der Waals surface area contributed by atoms with Gasteiger partial charge in [0.25, 0.3) is 10.0 Å². The molecular weight excluding hydrogens is 416 g/mol. The van der Waals surface area contributed by atoms with Gasteiger partial charge in [-0.3, -0.25) is 4.79 Å². The van der Waals surface area contributed by atoms with Crippen molar-refractivity contribution in [3.63, 3.8) is 0 Å². The van der Waals surface area contributed by atoms with Gasteiger partial charge in [0.05, 0.1) is 4.34 Å². The summed E-state index contributed by atoms with van der Waals surface area (Å²) >= 11 is 6.96. The summed E-state index contributed by atoms with van der Waals surface area (Å²) in [7, 11) is -3.49. The van der Waals surface area contributed by atoms with Gasteiger partial charge in [-0.05, 0) is 43.4 Å². The van der Waals surface area contributed by atoms with Crippen molar-refractivity contribution in [1.82, 2.24) is 9.62 Å². The van der Waals surface area contributed by atoms with Crippen molar-refractivity contribution in [2.45, 2.75) is 37.4 Å². The van der Waals surface area contributed by atoms with Crippen LogP contribution in [0.4, 0.5) is 0 Å². The van der Waals surface area contributed by atoms with E-state index >= 15 is 0 Å². The Bertz CT molecular complexity index is 934. The number of benzene rings is 1. The topological polar surface area (TPSA) is 66.5 Å². The molecule has 1 saturated heterocycles. The molecule has 1 fully saturated rings. The van der Waals surface area contributed by atoms with Crippen LogP contribution in [0.2, 0.25) is 4.34 Å². The number of thiophene rings is 1. The molecular formula is C20H25ClN2O3S2. The largest absolute Gasteiger partial charge is 0.352 e. The zero-order valence-corrected chi connectivity index (χ0v) is 18.4. The van der Waals surface area contributed by atoms with E-state index in [0.29, 0.717) is 36.8 Å². The monoisotopic (exact) mass is 440 g/mol. The predicted octanol–water partition coefficient (Wildman–Crippen LogP) is 4.06. The second-order valence-corrected chi connectivity index (χ2v) is 11.2. The van der Waals surface area contributed by atoms with Crippen LogP contribution >= 0.6 is 22.9 Å². The number of piperidine rings is 1. The van der Waals surface area contributed by atoms with Crippen LogP contribution in [0.15, 0.2) is 40.6 Å². The molecule has 5 nitrogen and oxygen atoms in total. The van der Waals surface area contributed by atoms with E-state index < -0.39 is 10.0 Å². The van der Waals surface area contributed by atoms with E-state index in [9.17, 15) is 13.2 Å². The van der Waals surface area contributed by atoms with E-state index in [1.165, 1.54) is 9.87 Å². The van der Waals surface area contributed by atoms with Gasteiger partial charge >= 0.3 is 0 Å². The number of hydrogen-bond donors (Lipinski definition) is 1. The van der Waals surface area contributed by atoms with Crippen molar-refractivity contribution in [1.29, 1.82) is 0 Å². The Morgan fingerprint density at radius 2 is 2.00 bits per heavy atom. The molecule has 1 unspecified atom stereocenters. The summed E-state index contributed by atoms with van der Waals surface area (Å²) in [5.74, 6) is 0.0505. The fourth-order valence-electron chi connectivity index (χ4n) is 3.57. The number of nitrogens with zero attached hydrogens (tertiary/aromatic N) is 1. The number of carbonyl (C=O) groups excluding carboxylic acids is 1. The van der Waals surface area contributed by atoms with E-state index in [2.05, 4.69) is 11.4 Å². The number of rotatable bonds is 6. The minimum Gasteiger partial charge on any atom is -0.352 e. The normalized spacial score (nSPS) is 17.4. The van der Waals surface area contributed by atoms with E-state index in [1.54, 1.807) is 12.1 Å². The molecule has 1 aliphatic heterocycles. The van der Waals surface area contributed by atoms with Gasteiger partial charge in [-0.2, -0.15) is 4.31 Å². The molecule has 152 valence electrons. The van der Waals surface area contributed by atoms with E-state index in [1.807, 2.05) is 32.0 Å². The molecule has 0 saturated carbocycles. The molecule has 2 heterocycles. The first-order chi connectivity index (χ1) is 13.3. The third-order valence-electron chi connectivity index (χ3n) is 5.31. The Balaban J connectivity index is 1.53. The molecule has 1 aromatic heterocycles. The number of nitrogens with one attached hydrogen (secondary N) is 1. The van der Waals surface area contributed by atoms with Crippen molar-refractivity contribution in [2.75, 3.05) is 13.1 Å². The summed E-state index contributed by atoms with van der Waals surface area (Å²) in [6, 6.07) is 11.2. The van der Waals surface area contributed by atoms with Crippen molar-refractivity contribution in [3.05, 3.63) is 51.9 Å². The van der Waals surface area contributed by atoms with Crippen LogP contribution in [0, 0.1) is 18.8 Å². The zero-order chi connectivity index (χ0) is 20.3. The lowest BCUT2D eigenvalue weighted by Crippen LogP contribution is -2.42. The number of hydrogen-bond acceptors (Lipinski definition) is 4. The molecule has 28 heavy (non-hydrogen) atoms. The minimum atomic E-state index is -3.49. The number of aryl methyl sites for hydroxylation is 1. The maximum absolute atomic E-state index is 12.7. The summed E-state index contributed by atoms with van der Waals surface area (Å²) in [5.41, 5.74) is 2.25. The quantitative estimate of drug-likeness (QED) is 0.736. The lowest BCUT2D eigenvalue weighted by molar-refractivity contribution is -0.126. The number of amides is 1. The highest BCUT2D eigenvalue weighted by atomic mass is 35.5. The van der Waals surface area contributed by atoms with Crippen molar-refractivity contribution >= 4 is 38.9 Å². The SMILES string of the molecule is Cc1cccc(CNC(=O)C(C)C2CCN(S(=O)(=O)c3ccc(Cl)s3)CC2)c1. The van der Waals surface area contributed by atoms with Crippen LogP contribution in [-0.4, -0.2) is 31.7 Å². The second kappa shape index (κ2) is 8.95. The zero-order valence-electron chi connectivity index (χ0n) is 16.0.